The van der Waals surface area contributed by atoms with Crippen LogP contribution in [0.25, 0.3) is 10.8 Å². The van der Waals surface area contributed by atoms with E-state index in [-0.39, 0.29) is 6.61 Å². The number of aliphatic hydroxyl groups excluding tert-OH is 1. The summed E-state index contributed by atoms with van der Waals surface area (Å²) in [5.74, 6) is 0.752. The Hall–Kier alpha value is -2.53. The van der Waals surface area contributed by atoms with E-state index in [1.54, 1.807) is 0 Å². The molecule has 0 radical (unpaired) electrons. The number of hydrogen-bond acceptors (Lipinski definition) is 4. The number of hydrogen-bond donors (Lipinski definition) is 2. The van der Waals surface area contributed by atoms with E-state index in [0.717, 1.165) is 30.1 Å². The molecule has 0 amide bonds. The number of rotatable bonds is 8. The average Bonchev–Trinajstić information content (AvgIpc) is 3.11. The summed E-state index contributed by atoms with van der Waals surface area (Å²) in [6.45, 7) is 0.925. The van der Waals surface area contributed by atoms with Crippen LogP contribution < -0.4 is 10.1 Å². The van der Waals surface area contributed by atoms with Crippen molar-refractivity contribution in [3.8, 4) is 10.8 Å². The van der Waals surface area contributed by atoms with Gasteiger partial charge in [-0.1, -0.05) is 77.5 Å². The molecule has 5 heteroatoms. The van der Waals surface area contributed by atoms with Gasteiger partial charge >= 0.3 is 0 Å². The van der Waals surface area contributed by atoms with Crippen LogP contribution in [0.5, 0.6) is 10.8 Å². The summed E-state index contributed by atoms with van der Waals surface area (Å²) in [6.07, 6.45) is 1.63. The highest BCUT2D eigenvalue weighted by Crippen LogP contribution is 2.41. The van der Waals surface area contributed by atoms with E-state index in [0.29, 0.717) is 10.1 Å². The van der Waals surface area contributed by atoms with Crippen LogP contribution in [0, 0.1) is 0 Å². The van der Waals surface area contributed by atoms with Gasteiger partial charge in [0, 0.05) is 13.2 Å². The summed E-state index contributed by atoms with van der Waals surface area (Å²) in [7, 11) is 0. The molecule has 29 heavy (non-hydrogen) atoms. The third-order valence-electron chi connectivity index (χ3n) is 4.75. The molecule has 0 saturated heterocycles. The normalized spacial score (nSPS) is 11.0. The molecule has 148 valence electrons. The molecule has 3 nitrogen and oxygen atoms in total. The molecule has 0 aliphatic rings. The maximum atomic E-state index is 8.93. The molecule has 2 N–H and O–H groups in total. The average molecular weight is 424 g/mol. The van der Waals surface area contributed by atoms with Crippen LogP contribution in [0.1, 0.15) is 17.5 Å². The van der Waals surface area contributed by atoms with Gasteiger partial charge in [-0.05, 0) is 52.9 Å². The lowest BCUT2D eigenvalue weighted by Crippen LogP contribution is -1.98. The highest BCUT2D eigenvalue weighted by Gasteiger charge is 2.10. The number of nitrogens with one attached hydrogen (secondary N) is 1. The van der Waals surface area contributed by atoms with E-state index in [9.17, 15) is 0 Å². The van der Waals surface area contributed by atoms with Gasteiger partial charge in [-0.15, -0.1) is 0 Å². The fraction of sp³-hybridized carbons (Fsp3) is 0.167. The number of thiophene rings is 1. The van der Waals surface area contributed by atoms with Crippen LogP contribution in [0.2, 0.25) is 5.02 Å². The third-order valence-corrected chi connectivity index (χ3v) is 6.11. The van der Waals surface area contributed by atoms with Gasteiger partial charge in [0.15, 0.2) is 0 Å². The second-order valence-corrected chi connectivity index (χ2v) is 8.23. The Morgan fingerprint density at radius 1 is 0.966 bits per heavy atom. The zero-order chi connectivity index (χ0) is 20.1. The van der Waals surface area contributed by atoms with Crippen LogP contribution in [0.4, 0.5) is 5.00 Å². The molecule has 1 aromatic heterocycles. The van der Waals surface area contributed by atoms with Gasteiger partial charge in [-0.2, -0.15) is 0 Å². The van der Waals surface area contributed by atoms with Crippen molar-refractivity contribution in [1.29, 1.82) is 0 Å². The van der Waals surface area contributed by atoms with Crippen LogP contribution in [-0.2, 0) is 13.0 Å². The molecule has 4 aromatic rings. The molecule has 0 bridgehead atoms. The fourth-order valence-corrected chi connectivity index (χ4v) is 4.40. The monoisotopic (exact) mass is 423 g/mol. The lowest BCUT2D eigenvalue weighted by Gasteiger charge is -2.08. The first kappa shape index (κ1) is 19.8. The van der Waals surface area contributed by atoms with Gasteiger partial charge in [-0.3, -0.25) is 0 Å². The summed E-state index contributed by atoms with van der Waals surface area (Å²) in [4.78, 5) is 0. The fourth-order valence-electron chi connectivity index (χ4n) is 3.25. The number of anilines is 1. The largest absolute Gasteiger partial charge is 0.445 e. The molecule has 0 aliphatic carbocycles. The van der Waals surface area contributed by atoms with Crippen molar-refractivity contribution in [1.82, 2.24) is 0 Å². The molecular weight excluding hydrogens is 402 g/mol. The molecule has 0 saturated carbocycles. The summed E-state index contributed by atoms with van der Waals surface area (Å²) in [5, 5.41) is 17.1. The summed E-state index contributed by atoms with van der Waals surface area (Å²) >= 11 is 7.89. The summed E-state index contributed by atoms with van der Waals surface area (Å²) in [5.41, 5.74) is 2.43. The van der Waals surface area contributed by atoms with E-state index in [4.69, 9.17) is 21.4 Å². The second-order valence-electron chi connectivity index (χ2n) is 6.81. The Morgan fingerprint density at radius 3 is 2.59 bits per heavy atom. The minimum atomic E-state index is 0.206. The number of aliphatic hydroxyl groups is 1. The minimum Gasteiger partial charge on any atom is -0.445 e. The van der Waals surface area contributed by atoms with Gasteiger partial charge in [-0.25, -0.2) is 0 Å². The van der Waals surface area contributed by atoms with Gasteiger partial charge in [0.05, 0.1) is 10.0 Å². The van der Waals surface area contributed by atoms with Crippen molar-refractivity contribution in [3.05, 3.63) is 88.9 Å². The second kappa shape index (κ2) is 9.31. The Balaban J connectivity index is 1.42. The summed E-state index contributed by atoms with van der Waals surface area (Å²) in [6, 6.07) is 24.6. The lowest BCUT2D eigenvalue weighted by molar-refractivity contribution is 0.288. The maximum Gasteiger partial charge on any atom is 0.201 e. The zero-order valence-corrected chi connectivity index (χ0v) is 17.5. The SMILES string of the molecule is OCCCc1ccc(Oc2sc(NCc3cccc4ccccc34)cc2Cl)cc1. The molecule has 4 rings (SSSR count). The van der Waals surface area contributed by atoms with E-state index in [2.05, 4.69) is 47.8 Å². The van der Waals surface area contributed by atoms with Crippen LogP contribution in [-0.4, -0.2) is 11.7 Å². The standard InChI is InChI=1S/C24H22ClNO2S/c25-22-15-23(26-16-19-8-3-7-18-6-1-2-9-21(18)19)29-24(22)28-20-12-10-17(11-13-20)5-4-14-27/h1-3,6-13,15,26-27H,4-5,14,16H2. The summed E-state index contributed by atoms with van der Waals surface area (Å²) < 4.78 is 5.97. The van der Waals surface area contributed by atoms with Gasteiger partial charge in [0.25, 0.3) is 0 Å². The molecule has 0 fully saturated rings. The highest BCUT2D eigenvalue weighted by molar-refractivity contribution is 7.18. The molecule has 0 aliphatic heterocycles. The molecule has 0 atom stereocenters. The number of fused-ring (bicyclic) bond motifs is 1. The predicted molar refractivity (Wildman–Crippen MR) is 123 cm³/mol. The lowest BCUT2D eigenvalue weighted by atomic mass is 10.0. The van der Waals surface area contributed by atoms with Crippen molar-refractivity contribution < 1.29 is 9.84 Å². The third kappa shape index (κ3) is 4.91. The van der Waals surface area contributed by atoms with Crippen LogP contribution in [0.3, 0.4) is 0 Å². The Bertz CT molecular complexity index is 1090. The zero-order valence-electron chi connectivity index (χ0n) is 15.9. The first-order valence-corrected chi connectivity index (χ1v) is 10.8. The number of aryl methyl sites for hydroxylation is 1. The van der Waals surface area contributed by atoms with Crippen molar-refractivity contribution in [3.63, 3.8) is 0 Å². The molecular formula is C24H22ClNO2S. The molecule has 3 aromatic carbocycles. The Kier molecular flexibility index (Phi) is 6.35. The molecule has 0 unspecified atom stereocenters. The minimum absolute atomic E-state index is 0.206. The quantitative estimate of drug-likeness (QED) is 0.324. The topological polar surface area (TPSA) is 41.5 Å². The molecule has 1 heterocycles. The number of benzene rings is 3. The first-order chi connectivity index (χ1) is 14.2. The highest BCUT2D eigenvalue weighted by atomic mass is 35.5. The Morgan fingerprint density at radius 2 is 1.76 bits per heavy atom. The van der Waals surface area contributed by atoms with E-state index in [1.165, 1.54) is 33.2 Å². The van der Waals surface area contributed by atoms with Crippen LogP contribution in [0.15, 0.2) is 72.8 Å². The van der Waals surface area contributed by atoms with E-state index >= 15 is 0 Å². The van der Waals surface area contributed by atoms with Crippen molar-refractivity contribution >= 4 is 38.7 Å². The van der Waals surface area contributed by atoms with Crippen molar-refractivity contribution in [2.24, 2.45) is 0 Å². The van der Waals surface area contributed by atoms with Gasteiger partial charge < -0.3 is 15.2 Å². The van der Waals surface area contributed by atoms with Gasteiger partial charge in [0.2, 0.25) is 5.06 Å². The number of ether oxygens (including phenoxy) is 1. The maximum absolute atomic E-state index is 8.93. The Labute approximate surface area is 179 Å². The van der Waals surface area contributed by atoms with E-state index < -0.39 is 0 Å². The van der Waals surface area contributed by atoms with Crippen molar-refractivity contribution in [2.75, 3.05) is 11.9 Å². The van der Waals surface area contributed by atoms with Crippen molar-refractivity contribution in [2.45, 2.75) is 19.4 Å². The first-order valence-electron chi connectivity index (χ1n) is 9.60. The predicted octanol–water partition coefficient (Wildman–Crippen LogP) is 6.88. The smallest absolute Gasteiger partial charge is 0.201 e. The van der Waals surface area contributed by atoms with Crippen LogP contribution >= 0.6 is 22.9 Å². The van der Waals surface area contributed by atoms with Gasteiger partial charge in [0.1, 0.15) is 5.75 Å². The van der Waals surface area contributed by atoms with E-state index in [1.807, 2.05) is 30.3 Å². The number of halogens is 1. The molecule has 0 spiro atoms.